The summed E-state index contributed by atoms with van der Waals surface area (Å²) in [5.74, 6) is 0.378. The molecule has 4 unspecified atom stereocenters. The molecule has 72 valence electrons. The zero-order valence-corrected chi connectivity index (χ0v) is 7.91. The Morgan fingerprint density at radius 3 is 2.50 bits per heavy atom. The highest BCUT2D eigenvalue weighted by atomic mass is 32.2. The van der Waals surface area contributed by atoms with Gasteiger partial charge in [-0.05, 0) is 6.92 Å². The van der Waals surface area contributed by atoms with Gasteiger partial charge in [0, 0.05) is 12.9 Å². The van der Waals surface area contributed by atoms with Gasteiger partial charge in [0.15, 0.2) is 0 Å². The van der Waals surface area contributed by atoms with Crippen molar-refractivity contribution >= 4 is 11.8 Å². The van der Waals surface area contributed by atoms with Crippen molar-refractivity contribution < 1.29 is 20.1 Å². The SMILES string of the molecule is COC1(C)SCC(O)C(O)C1O. The number of hydrogen-bond donors (Lipinski definition) is 3. The standard InChI is InChI=1S/C7H14O4S/c1-7(11-2)6(10)5(9)4(8)3-12-7/h4-6,8-10H,3H2,1-2H3. The molecule has 0 amide bonds. The molecule has 1 saturated heterocycles. The summed E-state index contributed by atoms with van der Waals surface area (Å²) < 4.78 is 5.05. The van der Waals surface area contributed by atoms with E-state index < -0.39 is 23.2 Å². The van der Waals surface area contributed by atoms with E-state index >= 15 is 0 Å². The third-order valence-corrected chi connectivity index (χ3v) is 3.69. The predicted octanol–water partition coefficient (Wildman–Crippen LogP) is -0.822. The Hall–Kier alpha value is 0.190. The topological polar surface area (TPSA) is 69.9 Å². The van der Waals surface area contributed by atoms with Crippen LogP contribution in [0.2, 0.25) is 0 Å². The molecule has 12 heavy (non-hydrogen) atoms. The number of ether oxygens (including phenoxy) is 1. The molecule has 4 atom stereocenters. The van der Waals surface area contributed by atoms with E-state index in [1.165, 1.54) is 18.9 Å². The summed E-state index contributed by atoms with van der Waals surface area (Å²) in [6, 6.07) is 0. The summed E-state index contributed by atoms with van der Waals surface area (Å²) in [7, 11) is 1.47. The molecular weight excluding hydrogens is 180 g/mol. The Morgan fingerprint density at radius 2 is 2.00 bits per heavy atom. The molecule has 5 heteroatoms. The van der Waals surface area contributed by atoms with Gasteiger partial charge in [-0.3, -0.25) is 0 Å². The molecule has 0 saturated carbocycles. The highest BCUT2D eigenvalue weighted by Gasteiger charge is 2.45. The summed E-state index contributed by atoms with van der Waals surface area (Å²) in [5, 5.41) is 28.0. The average molecular weight is 194 g/mol. The maximum absolute atomic E-state index is 9.51. The zero-order valence-electron chi connectivity index (χ0n) is 7.10. The van der Waals surface area contributed by atoms with Crippen molar-refractivity contribution in [3.8, 4) is 0 Å². The lowest BCUT2D eigenvalue weighted by molar-refractivity contribution is -0.124. The third-order valence-electron chi connectivity index (χ3n) is 2.20. The smallest absolute Gasteiger partial charge is 0.139 e. The predicted molar refractivity (Wildman–Crippen MR) is 45.9 cm³/mol. The molecule has 3 N–H and O–H groups in total. The van der Waals surface area contributed by atoms with Crippen LogP contribution in [0.3, 0.4) is 0 Å². The van der Waals surface area contributed by atoms with Gasteiger partial charge in [-0.15, -0.1) is 11.8 Å². The van der Waals surface area contributed by atoms with E-state index in [0.29, 0.717) is 5.75 Å². The Kier molecular flexibility index (Phi) is 3.01. The molecule has 4 nitrogen and oxygen atoms in total. The second kappa shape index (κ2) is 3.51. The van der Waals surface area contributed by atoms with E-state index in [1.54, 1.807) is 6.92 Å². The molecule has 0 aromatic heterocycles. The first-order chi connectivity index (χ1) is 5.51. The number of aliphatic hydroxyl groups excluding tert-OH is 3. The van der Waals surface area contributed by atoms with Crippen LogP contribution in [0.15, 0.2) is 0 Å². The largest absolute Gasteiger partial charge is 0.389 e. The van der Waals surface area contributed by atoms with E-state index in [4.69, 9.17) is 4.74 Å². The summed E-state index contributed by atoms with van der Waals surface area (Å²) in [4.78, 5) is -0.807. The van der Waals surface area contributed by atoms with E-state index in [1.807, 2.05) is 0 Å². The van der Waals surface area contributed by atoms with E-state index in [0.717, 1.165) is 0 Å². The van der Waals surface area contributed by atoms with Crippen LogP contribution < -0.4 is 0 Å². The van der Waals surface area contributed by atoms with Crippen molar-refractivity contribution in [1.82, 2.24) is 0 Å². The van der Waals surface area contributed by atoms with Crippen molar-refractivity contribution in [2.24, 2.45) is 0 Å². The van der Waals surface area contributed by atoms with Gasteiger partial charge in [0.2, 0.25) is 0 Å². The van der Waals surface area contributed by atoms with Crippen LogP contribution in [0.25, 0.3) is 0 Å². The van der Waals surface area contributed by atoms with Crippen LogP contribution in [0, 0.1) is 0 Å². The average Bonchev–Trinajstić information content (AvgIpc) is 2.09. The second-order valence-electron chi connectivity index (χ2n) is 3.03. The summed E-state index contributed by atoms with van der Waals surface area (Å²) in [6.07, 6.45) is -3.03. The van der Waals surface area contributed by atoms with Gasteiger partial charge in [0.1, 0.15) is 17.1 Å². The van der Waals surface area contributed by atoms with E-state index in [2.05, 4.69) is 0 Å². The molecule has 1 aliphatic rings. The summed E-state index contributed by atoms with van der Waals surface area (Å²) in [5.41, 5.74) is 0. The highest BCUT2D eigenvalue weighted by Crippen LogP contribution is 2.36. The van der Waals surface area contributed by atoms with Gasteiger partial charge in [-0.2, -0.15) is 0 Å². The van der Waals surface area contributed by atoms with Crippen LogP contribution in [-0.2, 0) is 4.74 Å². The lowest BCUT2D eigenvalue weighted by Gasteiger charge is -2.41. The number of rotatable bonds is 1. The Morgan fingerprint density at radius 1 is 1.42 bits per heavy atom. The summed E-state index contributed by atoms with van der Waals surface area (Å²) in [6.45, 7) is 1.69. The van der Waals surface area contributed by atoms with Crippen LogP contribution in [0.4, 0.5) is 0 Å². The fourth-order valence-electron chi connectivity index (χ4n) is 1.14. The minimum atomic E-state index is -1.11. The Bertz CT molecular complexity index is 165. The van der Waals surface area contributed by atoms with Crippen LogP contribution in [0.5, 0.6) is 0 Å². The second-order valence-corrected chi connectivity index (χ2v) is 4.47. The number of hydrogen-bond acceptors (Lipinski definition) is 5. The minimum Gasteiger partial charge on any atom is -0.389 e. The van der Waals surface area contributed by atoms with Crippen LogP contribution in [-0.4, -0.2) is 51.4 Å². The Labute approximate surface area is 75.5 Å². The van der Waals surface area contributed by atoms with Gasteiger partial charge in [0.25, 0.3) is 0 Å². The first-order valence-corrected chi connectivity index (χ1v) is 4.73. The fraction of sp³-hybridized carbons (Fsp3) is 1.00. The minimum absolute atomic E-state index is 0.378. The lowest BCUT2D eigenvalue weighted by Crippen LogP contribution is -2.55. The maximum atomic E-state index is 9.51. The van der Waals surface area contributed by atoms with Crippen molar-refractivity contribution in [2.75, 3.05) is 12.9 Å². The van der Waals surface area contributed by atoms with Crippen molar-refractivity contribution in [1.29, 1.82) is 0 Å². The summed E-state index contributed by atoms with van der Waals surface area (Å²) >= 11 is 1.30. The third kappa shape index (κ3) is 1.60. The molecule has 1 aliphatic heterocycles. The van der Waals surface area contributed by atoms with Crippen molar-refractivity contribution in [3.05, 3.63) is 0 Å². The molecule has 1 rings (SSSR count). The molecule has 0 bridgehead atoms. The van der Waals surface area contributed by atoms with Crippen LogP contribution >= 0.6 is 11.8 Å². The normalized spacial score (nSPS) is 49.2. The highest BCUT2D eigenvalue weighted by molar-refractivity contribution is 8.00. The van der Waals surface area contributed by atoms with Crippen molar-refractivity contribution in [2.45, 2.75) is 30.2 Å². The number of thioether (sulfide) groups is 1. The van der Waals surface area contributed by atoms with E-state index in [-0.39, 0.29) is 0 Å². The lowest BCUT2D eigenvalue weighted by atomic mass is 10.0. The van der Waals surface area contributed by atoms with E-state index in [9.17, 15) is 15.3 Å². The molecule has 0 radical (unpaired) electrons. The first kappa shape index (κ1) is 10.3. The monoisotopic (exact) mass is 194 g/mol. The van der Waals surface area contributed by atoms with Gasteiger partial charge >= 0.3 is 0 Å². The number of methoxy groups -OCH3 is 1. The maximum Gasteiger partial charge on any atom is 0.139 e. The quantitative estimate of drug-likeness (QED) is 0.509. The molecule has 0 aromatic carbocycles. The van der Waals surface area contributed by atoms with Gasteiger partial charge in [-0.25, -0.2) is 0 Å². The molecule has 0 aliphatic carbocycles. The van der Waals surface area contributed by atoms with Gasteiger partial charge in [-0.1, -0.05) is 0 Å². The Balaban J connectivity index is 2.71. The fourth-order valence-corrected chi connectivity index (χ4v) is 2.26. The number of aliphatic hydroxyl groups is 3. The molecule has 0 aromatic rings. The van der Waals surface area contributed by atoms with Gasteiger partial charge < -0.3 is 20.1 Å². The van der Waals surface area contributed by atoms with Crippen LogP contribution in [0.1, 0.15) is 6.92 Å². The zero-order chi connectivity index (χ0) is 9.35. The molecule has 1 fully saturated rings. The first-order valence-electron chi connectivity index (χ1n) is 3.74. The van der Waals surface area contributed by atoms with Gasteiger partial charge in [0.05, 0.1) is 6.10 Å². The molecule has 1 heterocycles. The van der Waals surface area contributed by atoms with Crippen molar-refractivity contribution in [3.63, 3.8) is 0 Å². The molecular formula is C7H14O4S. The molecule has 0 spiro atoms.